The van der Waals surface area contributed by atoms with Gasteiger partial charge in [0.25, 0.3) is 0 Å². The molecule has 0 spiro atoms. The molecule has 0 radical (unpaired) electrons. The first-order valence-corrected chi connectivity index (χ1v) is 7.95. The van der Waals surface area contributed by atoms with Crippen molar-refractivity contribution in [2.45, 2.75) is 6.92 Å². The van der Waals surface area contributed by atoms with E-state index in [1.54, 1.807) is 0 Å². The summed E-state index contributed by atoms with van der Waals surface area (Å²) in [6, 6.07) is 26.5. The molecular formula is C21H17N3. The van der Waals surface area contributed by atoms with Crippen LogP contribution in [-0.4, -0.2) is 11.5 Å². The van der Waals surface area contributed by atoms with Crippen LogP contribution in [0.2, 0.25) is 0 Å². The normalized spacial score (nSPS) is 13.2. The smallest absolute Gasteiger partial charge is 0.154 e. The first-order chi connectivity index (χ1) is 11.8. The second-order valence-electron chi connectivity index (χ2n) is 5.79. The van der Waals surface area contributed by atoms with Crippen LogP contribution in [0.3, 0.4) is 0 Å². The van der Waals surface area contributed by atoms with Gasteiger partial charge in [0.15, 0.2) is 5.84 Å². The van der Waals surface area contributed by atoms with E-state index < -0.39 is 0 Å². The fraction of sp³-hybridized carbons (Fsp3) is 0.0476. The van der Waals surface area contributed by atoms with Crippen molar-refractivity contribution in [2.24, 2.45) is 10.1 Å². The molecule has 24 heavy (non-hydrogen) atoms. The van der Waals surface area contributed by atoms with Crippen molar-refractivity contribution in [3.63, 3.8) is 0 Å². The SMILES string of the molecule is Cc1ccc2c(c1)C(c1ccccc1)=NNC(c1ccccc1)=N2. The second-order valence-corrected chi connectivity index (χ2v) is 5.79. The molecule has 3 aromatic rings. The number of rotatable bonds is 2. The van der Waals surface area contributed by atoms with Crippen LogP contribution in [0.4, 0.5) is 5.69 Å². The number of hydrogen-bond donors (Lipinski definition) is 1. The third kappa shape index (κ3) is 2.72. The molecule has 116 valence electrons. The fourth-order valence-electron chi connectivity index (χ4n) is 2.79. The molecule has 1 aliphatic rings. The van der Waals surface area contributed by atoms with Crippen molar-refractivity contribution in [3.8, 4) is 0 Å². The summed E-state index contributed by atoms with van der Waals surface area (Å²) in [7, 11) is 0. The van der Waals surface area contributed by atoms with E-state index >= 15 is 0 Å². The first kappa shape index (κ1) is 14.4. The molecule has 1 aliphatic heterocycles. The number of nitrogens with zero attached hydrogens (tertiary/aromatic N) is 2. The van der Waals surface area contributed by atoms with Gasteiger partial charge >= 0.3 is 0 Å². The van der Waals surface area contributed by atoms with Crippen molar-refractivity contribution in [3.05, 3.63) is 101 Å². The summed E-state index contributed by atoms with van der Waals surface area (Å²) >= 11 is 0. The Labute approximate surface area is 141 Å². The Morgan fingerprint density at radius 3 is 2.12 bits per heavy atom. The third-order valence-electron chi connectivity index (χ3n) is 4.01. The Morgan fingerprint density at radius 1 is 0.750 bits per heavy atom. The summed E-state index contributed by atoms with van der Waals surface area (Å²) in [4.78, 5) is 4.82. The highest BCUT2D eigenvalue weighted by Crippen LogP contribution is 2.26. The molecule has 3 aromatic carbocycles. The Bertz CT molecular complexity index is 926. The monoisotopic (exact) mass is 311 g/mol. The topological polar surface area (TPSA) is 36.8 Å². The zero-order valence-electron chi connectivity index (χ0n) is 13.4. The van der Waals surface area contributed by atoms with E-state index in [1.807, 2.05) is 48.5 Å². The van der Waals surface area contributed by atoms with Gasteiger partial charge in [0.1, 0.15) is 0 Å². The minimum absolute atomic E-state index is 0.756. The third-order valence-corrected chi connectivity index (χ3v) is 4.01. The lowest BCUT2D eigenvalue weighted by Crippen LogP contribution is -2.19. The number of amidine groups is 1. The Morgan fingerprint density at radius 2 is 1.42 bits per heavy atom. The van der Waals surface area contributed by atoms with Gasteiger partial charge in [0, 0.05) is 16.7 Å². The summed E-state index contributed by atoms with van der Waals surface area (Å²) in [5.74, 6) is 0.756. The molecule has 0 amide bonds. The minimum Gasteiger partial charge on any atom is -0.260 e. The highest BCUT2D eigenvalue weighted by atomic mass is 15.3. The van der Waals surface area contributed by atoms with E-state index in [0.29, 0.717) is 0 Å². The number of hydrogen-bond acceptors (Lipinski definition) is 3. The van der Waals surface area contributed by atoms with Crippen molar-refractivity contribution in [1.82, 2.24) is 5.43 Å². The number of aliphatic imine (C=N–C) groups is 1. The quantitative estimate of drug-likeness (QED) is 0.747. The lowest BCUT2D eigenvalue weighted by Gasteiger charge is -2.08. The summed E-state index contributed by atoms with van der Waals surface area (Å²) < 4.78 is 0. The van der Waals surface area contributed by atoms with Gasteiger partial charge < -0.3 is 0 Å². The summed E-state index contributed by atoms with van der Waals surface area (Å²) in [6.45, 7) is 2.09. The van der Waals surface area contributed by atoms with Crippen LogP contribution in [0.15, 0.2) is 89.0 Å². The number of nitrogens with one attached hydrogen (secondary N) is 1. The van der Waals surface area contributed by atoms with E-state index in [1.165, 1.54) is 5.56 Å². The molecule has 0 saturated carbocycles. The highest BCUT2D eigenvalue weighted by molar-refractivity contribution is 6.18. The van der Waals surface area contributed by atoms with Gasteiger partial charge in [0.05, 0.1) is 11.4 Å². The summed E-state index contributed by atoms with van der Waals surface area (Å²) in [6.07, 6.45) is 0. The average molecular weight is 311 g/mol. The van der Waals surface area contributed by atoms with E-state index in [2.05, 4.69) is 47.8 Å². The molecule has 0 saturated heterocycles. The van der Waals surface area contributed by atoms with Gasteiger partial charge in [-0.05, 0) is 19.1 Å². The predicted octanol–water partition coefficient (Wildman–Crippen LogP) is 4.43. The van der Waals surface area contributed by atoms with Crippen molar-refractivity contribution in [1.29, 1.82) is 0 Å². The molecule has 0 atom stereocenters. The van der Waals surface area contributed by atoms with Gasteiger partial charge in [-0.2, -0.15) is 5.10 Å². The van der Waals surface area contributed by atoms with Gasteiger partial charge in [-0.3, -0.25) is 5.43 Å². The molecule has 3 nitrogen and oxygen atoms in total. The number of fused-ring (bicyclic) bond motifs is 1. The van der Waals surface area contributed by atoms with Crippen LogP contribution in [0.1, 0.15) is 22.3 Å². The van der Waals surface area contributed by atoms with E-state index in [4.69, 9.17) is 4.99 Å². The van der Waals surface area contributed by atoms with Crippen molar-refractivity contribution < 1.29 is 0 Å². The zero-order valence-corrected chi connectivity index (χ0v) is 13.4. The van der Waals surface area contributed by atoms with E-state index in [9.17, 15) is 0 Å². The zero-order chi connectivity index (χ0) is 16.4. The maximum Gasteiger partial charge on any atom is 0.154 e. The molecule has 4 rings (SSSR count). The molecule has 1 N–H and O–H groups in total. The first-order valence-electron chi connectivity index (χ1n) is 7.95. The number of benzene rings is 3. The maximum absolute atomic E-state index is 4.82. The molecule has 3 heteroatoms. The molecule has 1 heterocycles. The molecular weight excluding hydrogens is 294 g/mol. The molecule has 0 aliphatic carbocycles. The van der Waals surface area contributed by atoms with Gasteiger partial charge in [0.2, 0.25) is 0 Å². The lowest BCUT2D eigenvalue weighted by atomic mass is 9.99. The lowest BCUT2D eigenvalue weighted by molar-refractivity contribution is 1.03. The standard InChI is InChI=1S/C21H17N3/c1-15-12-13-19-18(14-15)20(16-8-4-2-5-9-16)23-24-21(22-19)17-10-6-3-7-11-17/h2-14H,1H3,(H,22,24). The van der Waals surface area contributed by atoms with Crippen LogP contribution < -0.4 is 5.43 Å². The molecule has 0 fully saturated rings. The Balaban J connectivity index is 1.89. The average Bonchev–Trinajstić information content (AvgIpc) is 2.82. The fourth-order valence-corrected chi connectivity index (χ4v) is 2.79. The summed E-state index contributed by atoms with van der Waals surface area (Å²) in [5.41, 5.74) is 9.30. The van der Waals surface area contributed by atoms with E-state index in [-0.39, 0.29) is 0 Å². The van der Waals surface area contributed by atoms with Crippen LogP contribution in [0, 0.1) is 6.92 Å². The highest BCUT2D eigenvalue weighted by Gasteiger charge is 2.17. The molecule has 0 aromatic heterocycles. The van der Waals surface area contributed by atoms with Gasteiger partial charge in [-0.1, -0.05) is 72.3 Å². The van der Waals surface area contributed by atoms with Gasteiger partial charge in [-0.25, -0.2) is 4.99 Å². The molecule has 0 bridgehead atoms. The largest absolute Gasteiger partial charge is 0.260 e. The van der Waals surface area contributed by atoms with Crippen LogP contribution in [-0.2, 0) is 0 Å². The van der Waals surface area contributed by atoms with Gasteiger partial charge in [-0.15, -0.1) is 0 Å². The predicted molar refractivity (Wildman–Crippen MR) is 99.0 cm³/mol. The van der Waals surface area contributed by atoms with Crippen molar-refractivity contribution in [2.75, 3.05) is 0 Å². The van der Waals surface area contributed by atoms with E-state index in [0.717, 1.165) is 33.9 Å². The van der Waals surface area contributed by atoms with Crippen molar-refractivity contribution >= 4 is 17.2 Å². The second kappa shape index (κ2) is 6.13. The van der Waals surface area contributed by atoms with Crippen LogP contribution >= 0.6 is 0 Å². The Hall–Kier alpha value is -3.20. The number of hydrazone groups is 1. The minimum atomic E-state index is 0.756. The molecule has 0 unspecified atom stereocenters. The van der Waals surface area contributed by atoms with Crippen LogP contribution in [0.25, 0.3) is 0 Å². The maximum atomic E-state index is 4.82. The Kier molecular flexibility index (Phi) is 3.67. The van der Waals surface area contributed by atoms with Crippen LogP contribution in [0.5, 0.6) is 0 Å². The summed E-state index contributed by atoms with van der Waals surface area (Å²) in [5, 5.41) is 4.67. The number of aryl methyl sites for hydroxylation is 1.